The predicted molar refractivity (Wildman–Crippen MR) is 81.7 cm³/mol. The van der Waals surface area contributed by atoms with Gasteiger partial charge in [0.05, 0.1) is 0 Å². The van der Waals surface area contributed by atoms with E-state index in [0.29, 0.717) is 22.0 Å². The molecule has 0 aromatic heterocycles. The lowest BCUT2D eigenvalue weighted by Crippen LogP contribution is -2.11. The fraction of sp³-hybridized carbons (Fsp3) is 0.125. The van der Waals surface area contributed by atoms with Gasteiger partial charge in [-0.2, -0.15) is 5.26 Å². The second-order valence-corrected chi connectivity index (χ2v) is 4.80. The van der Waals surface area contributed by atoms with Gasteiger partial charge in [0.1, 0.15) is 11.8 Å². The third-order valence-electron chi connectivity index (χ3n) is 2.85. The Kier molecular flexibility index (Phi) is 4.81. The smallest absolute Gasteiger partial charge is 0.255 e. The lowest BCUT2D eigenvalue weighted by atomic mass is 10.1. The molecule has 1 amide bonds. The summed E-state index contributed by atoms with van der Waals surface area (Å²) in [5.74, 6) is 0.343. The Morgan fingerprint density at radius 2 is 2.00 bits per heavy atom. The molecule has 0 fully saturated rings. The summed E-state index contributed by atoms with van der Waals surface area (Å²) >= 11 is 6.01. The molecule has 0 aliphatic rings. The number of nitrogens with one attached hydrogen (secondary N) is 1. The second-order valence-electron chi connectivity index (χ2n) is 4.39. The van der Waals surface area contributed by atoms with Crippen LogP contribution in [0, 0.1) is 18.3 Å². The van der Waals surface area contributed by atoms with Crippen molar-refractivity contribution in [2.24, 2.45) is 0 Å². The monoisotopic (exact) mass is 300 g/mol. The first-order valence-corrected chi connectivity index (χ1v) is 6.65. The van der Waals surface area contributed by atoms with E-state index in [1.807, 2.05) is 13.0 Å². The highest BCUT2D eigenvalue weighted by atomic mass is 35.5. The molecule has 0 aliphatic heterocycles. The second kappa shape index (κ2) is 6.78. The summed E-state index contributed by atoms with van der Waals surface area (Å²) < 4.78 is 5.14. The van der Waals surface area contributed by atoms with Gasteiger partial charge in [-0.1, -0.05) is 17.7 Å². The van der Waals surface area contributed by atoms with Crippen LogP contribution in [0.3, 0.4) is 0 Å². The van der Waals surface area contributed by atoms with Crippen LogP contribution < -0.4 is 10.1 Å². The number of halogens is 1. The minimum Gasteiger partial charge on any atom is -0.479 e. The molecule has 5 heteroatoms. The molecule has 106 valence electrons. The highest BCUT2D eigenvalue weighted by Gasteiger charge is 2.08. The van der Waals surface area contributed by atoms with Crippen molar-refractivity contribution in [3.63, 3.8) is 0 Å². The maximum atomic E-state index is 12.1. The standard InChI is InChI=1S/C16H13ClN2O2/c1-11-2-3-12(10-15(11)17)16(20)19-13-4-6-14(7-5-13)21-9-8-18/h2-7,10H,9H2,1H3,(H,19,20). The van der Waals surface area contributed by atoms with Crippen LogP contribution in [-0.2, 0) is 0 Å². The van der Waals surface area contributed by atoms with Crippen molar-refractivity contribution < 1.29 is 9.53 Å². The van der Waals surface area contributed by atoms with Crippen molar-refractivity contribution in [2.75, 3.05) is 11.9 Å². The molecule has 0 unspecified atom stereocenters. The molecule has 0 aliphatic carbocycles. The van der Waals surface area contributed by atoms with E-state index >= 15 is 0 Å². The normalized spacial score (nSPS) is 9.76. The van der Waals surface area contributed by atoms with Crippen LogP contribution >= 0.6 is 11.6 Å². The maximum Gasteiger partial charge on any atom is 0.255 e. The molecule has 0 saturated heterocycles. The molecule has 1 N–H and O–H groups in total. The molecule has 0 atom stereocenters. The molecule has 0 spiro atoms. The van der Waals surface area contributed by atoms with Gasteiger partial charge in [-0.05, 0) is 48.9 Å². The molecule has 0 bridgehead atoms. The van der Waals surface area contributed by atoms with Crippen LogP contribution in [0.1, 0.15) is 15.9 Å². The zero-order valence-corrected chi connectivity index (χ0v) is 12.1. The zero-order chi connectivity index (χ0) is 15.2. The van der Waals surface area contributed by atoms with Crippen molar-refractivity contribution in [3.05, 3.63) is 58.6 Å². The van der Waals surface area contributed by atoms with Crippen molar-refractivity contribution in [1.29, 1.82) is 5.26 Å². The highest BCUT2D eigenvalue weighted by Crippen LogP contribution is 2.19. The Bertz CT molecular complexity index is 690. The lowest BCUT2D eigenvalue weighted by Gasteiger charge is -2.07. The number of nitriles is 1. The first kappa shape index (κ1) is 14.9. The first-order valence-electron chi connectivity index (χ1n) is 6.27. The summed E-state index contributed by atoms with van der Waals surface area (Å²) in [6.45, 7) is 1.87. The molecular weight excluding hydrogens is 288 g/mol. The van der Waals surface area contributed by atoms with E-state index < -0.39 is 0 Å². The van der Waals surface area contributed by atoms with Crippen LogP contribution in [0.4, 0.5) is 5.69 Å². The predicted octanol–water partition coefficient (Wildman–Crippen LogP) is 3.80. The van der Waals surface area contributed by atoms with Crippen LogP contribution in [0.15, 0.2) is 42.5 Å². The molecule has 0 saturated carbocycles. The molecule has 0 heterocycles. The van der Waals surface area contributed by atoms with Gasteiger partial charge in [0, 0.05) is 16.3 Å². The van der Waals surface area contributed by atoms with Crippen LogP contribution in [0.25, 0.3) is 0 Å². The van der Waals surface area contributed by atoms with Gasteiger partial charge in [0.15, 0.2) is 6.61 Å². The maximum absolute atomic E-state index is 12.1. The minimum atomic E-state index is -0.234. The Morgan fingerprint density at radius 1 is 1.29 bits per heavy atom. The Balaban J connectivity index is 2.05. The van der Waals surface area contributed by atoms with E-state index in [2.05, 4.69) is 5.32 Å². The summed E-state index contributed by atoms with van der Waals surface area (Å²) in [4.78, 5) is 12.1. The number of carbonyl (C=O) groups is 1. The summed E-state index contributed by atoms with van der Waals surface area (Å²) in [6.07, 6.45) is 0. The number of ether oxygens (including phenoxy) is 1. The summed E-state index contributed by atoms with van der Waals surface area (Å²) in [7, 11) is 0. The molecule has 2 aromatic carbocycles. The summed E-state index contributed by atoms with van der Waals surface area (Å²) in [6, 6.07) is 13.8. The van der Waals surface area contributed by atoms with Gasteiger partial charge in [0.25, 0.3) is 5.91 Å². The van der Waals surface area contributed by atoms with E-state index in [1.54, 1.807) is 42.5 Å². The van der Waals surface area contributed by atoms with Crippen molar-refractivity contribution in [2.45, 2.75) is 6.92 Å². The van der Waals surface area contributed by atoms with Crippen molar-refractivity contribution in [1.82, 2.24) is 0 Å². The van der Waals surface area contributed by atoms with Crippen molar-refractivity contribution in [3.8, 4) is 11.8 Å². The van der Waals surface area contributed by atoms with Gasteiger partial charge in [-0.3, -0.25) is 4.79 Å². The summed E-state index contributed by atoms with van der Waals surface area (Å²) in [5.41, 5.74) is 2.06. The van der Waals surface area contributed by atoms with Crippen LogP contribution in [0.5, 0.6) is 5.75 Å². The van der Waals surface area contributed by atoms with Gasteiger partial charge < -0.3 is 10.1 Å². The number of carbonyl (C=O) groups excluding carboxylic acids is 1. The third kappa shape index (κ3) is 3.98. The minimum absolute atomic E-state index is 0.00638. The number of hydrogen-bond acceptors (Lipinski definition) is 3. The van der Waals surface area contributed by atoms with Gasteiger partial charge in [0.2, 0.25) is 0 Å². The third-order valence-corrected chi connectivity index (χ3v) is 3.26. The average molecular weight is 301 g/mol. The lowest BCUT2D eigenvalue weighted by molar-refractivity contribution is 0.102. The fourth-order valence-electron chi connectivity index (χ4n) is 1.69. The molecule has 2 aromatic rings. The molecule has 0 radical (unpaired) electrons. The van der Waals surface area contributed by atoms with Gasteiger partial charge >= 0.3 is 0 Å². The Labute approximate surface area is 127 Å². The molecule has 4 nitrogen and oxygen atoms in total. The van der Waals surface area contributed by atoms with E-state index in [-0.39, 0.29) is 12.5 Å². The van der Waals surface area contributed by atoms with Crippen molar-refractivity contribution >= 4 is 23.2 Å². The number of rotatable bonds is 4. The average Bonchev–Trinajstić information content (AvgIpc) is 2.49. The van der Waals surface area contributed by atoms with E-state index in [9.17, 15) is 4.79 Å². The van der Waals surface area contributed by atoms with Crippen LogP contribution in [-0.4, -0.2) is 12.5 Å². The molecule has 21 heavy (non-hydrogen) atoms. The summed E-state index contributed by atoms with van der Waals surface area (Å²) in [5, 5.41) is 11.8. The number of anilines is 1. The quantitative estimate of drug-likeness (QED) is 0.934. The zero-order valence-electron chi connectivity index (χ0n) is 11.4. The number of nitrogens with zero attached hydrogens (tertiary/aromatic N) is 1. The highest BCUT2D eigenvalue weighted by molar-refractivity contribution is 6.31. The van der Waals surface area contributed by atoms with Crippen LogP contribution in [0.2, 0.25) is 5.02 Å². The first-order chi connectivity index (χ1) is 10.1. The van der Waals surface area contributed by atoms with Gasteiger partial charge in [-0.25, -0.2) is 0 Å². The van der Waals surface area contributed by atoms with Gasteiger partial charge in [-0.15, -0.1) is 0 Å². The number of aryl methyl sites for hydroxylation is 1. The van der Waals surface area contributed by atoms with E-state index in [0.717, 1.165) is 5.56 Å². The van der Waals surface area contributed by atoms with E-state index in [1.165, 1.54) is 0 Å². The Hall–Kier alpha value is -2.51. The number of amides is 1. The SMILES string of the molecule is Cc1ccc(C(=O)Nc2ccc(OCC#N)cc2)cc1Cl. The molecule has 2 rings (SSSR count). The topological polar surface area (TPSA) is 62.1 Å². The Morgan fingerprint density at radius 3 is 2.62 bits per heavy atom. The molecular formula is C16H13ClN2O2. The number of hydrogen-bond donors (Lipinski definition) is 1. The number of benzene rings is 2. The van der Waals surface area contributed by atoms with E-state index in [4.69, 9.17) is 21.6 Å². The fourth-order valence-corrected chi connectivity index (χ4v) is 1.87. The largest absolute Gasteiger partial charge is 0.479 e.